The maximum absolute atomic E-state index is 11.1. The predicted molar refractivity (Wildman–Crippen MR) is 94.4 cm³/mol. The summed E-state index contributed by atoms with van der Waals surface area (Å²) >= 11 is 0. The van der Waals surface area contributed by atoms with Gasteiger partial charge in [0.25, 0.3) is 0 Å². The first-order valence-corrected chi connectivity index (χ1v) is 8.74. The molecule has 3 aliphatic rings. The number of pyridine rings is 1. The molecule has 3 saturated heterocycles. The van der Waals surface area contributed by atoms with E-state index in [2.05, 4.69) is 22.5 Å². The molecule has 0 amide bonds. The average Bonchev–Trinajstić information content (AvgIpc) is 2.66. The molecular weight excluding hydrogens is 300 g/mol. The molecule has 5 rings (SSSR count). The van der Waals surface area contributed by atoms with Crippen LogP contribution in [-0.2, 0) is 6.61 Å². The van der Waals surface area contributed by atoms with Gasteiger partial charge in [-0.3, -0.25) is 9.88 Å². The highest BCUT2D eigenvalue weighted by atomic mass is 16.3. The maximum Gasteiger partial charge on any atom is 0.0952 e. The van der Waals surface area contributed by atoms with Crippen molar-refractivity contribution in [1.82, 2.24) is 9.88 Å². The summed E-state index contributed by atoms with van der Waals surface area (Å²) in [6.45, 7) is 6.03. The number of fused-ring (bicyclic) bond motifs is 4. The van der Waals surface area contributed by atoms with E-state index in [1.165, 1.54) is 6.42 Å². The Labute approximate surface area is 142 Å². The largest absolute Gasteiger partial charge is 0.392 e. The van der Waals surface area contributed by atoms with Gasteiger partial charge in [0.2, 0.25) is 0 Å². The number of piperidine rings is 3. The molecule has 4 nitrogen and oxygen atoms in total. The topological polar surface area (TPSA) is 56.6 Å². The maximum atomic E-state index is 11.1. The van der Waals surface area contributed by atoms with Crippen LogP contribution in [0.15, 0.2) is 43.1 Å². The minimum Gasteiger partial charge on any atom is -0.392 e. The van der Waals surface area contributed by atoms with E-state index in [1.54, 1.807) is 6.20 Å². The normalized spacial score (nSPS) is 30.4. The Morgan fingerprint density at radius 3 is 2.96 bits per heavy atom. The van der Waals surface area contributed by atoms with Crippen LogP contribution in [0.1, 0.15) is 30.1 Å². The zero-order valence-corrected chi connectivity index (χ0v) is 13.8. The van der Waals surface area contributed by atoms with Gasteiger partial charge in [0, 0.05) is 24.2 Å². The van der Waals surface area contributed by atoms with Crippen LogP contribution >= 0.6 is 0 Å². The highest BCUT2D eigenvalue weighted by Gasteiger charge is 2.42. The molecule has 24 heavy (non-hydrogen) atoms. The van der Waals surface area contributed by atoms with Crippen LogP contribution < -0.4 is 0 Å². The lowest BCUT2D eigenvalue weighted by atomic mass is 9.73. The van der Waals surface area contributed by atoms with Crippen LogP contribution in [0.4, 0.5) is 0 Å². The Hall–Kier alpha value is -1.75. The number of rotatable bonds is 4. The fourth-order valence-electron chi connectivity index (χ4n) is 4.48. The van der Waals surface area contributed by atoms with Gasteiger partial charge in [-0.15, -0.1) is 6.58 Å². The molecule has 0 saturated carbocycles. The van der Waals surface area contributed by atoms with Crippen molar-refractivity contribution in [1.29, 1.82) is 0 Å². The number of aromatic nitrogens is 1. The second-order valence-corrected chi connectivity index (χ2v) is 7.10. The van der Waals surface area contributed by atoms with Crippen molar-refractivity contribution in [2.75, 3.05) is 13.1 Å². The summed E-state index contributed by atoms with van der Waals surface area (Å²) in [6.07, 6.45) is 5.53. The minimum absolute atomic E-state index is 0.000980. The summed E-state index contributed by atoms with van der Waals surface area (Å²) in [5.41, 5.74) is 2.63. The van der Waals surface area contributed by atoms with Gasteiger partial charge in [-0.2, -0.15) is 0 Å². The Balaban J connectivity index is 1.69. The standard InChI is InChI=1S/C20H24N2O2/c1-2-14-11-22-8-6-15(14)10-19(22)20(24)16-5-7-21-18-4-3-13(12-23)9-17(16)18/h2-5,7,9,14-15,19-20,23-24H,1,6,8,10-12H2/t14-,15+,19+,20-/m0/s1. The number of benzene rings is 1. The molecule has 1 aromatic carbocycles. The van der Waals surface area contributed by atoms with Crippen LogP contribution in [0.5, 0.6) is 0 Å². The highest BCUT2D eigenvalue weighted by molar-refractivity contribution is 5.83. The van der Waals surface area contributed by atoms with E-state index in [1.807, 2.05) is 24.3 Å². The number of hydrogen-bond acceptors (Lipinski definition) is 4. The minimum atomic E-state index is -0.530. The number of aliphatic hydroxyl groups excluding tert-OH is 2. The summed E-state index contributed by atoms with van der Waals surface area (Å²) < 4.78 is 0. The molecule has 0 radical (unpaired) electrons. The van der Waals surface area contributed by atoms with Crippen molar-refractivity contribution in [2.24, 2.45) is 11.8 Å². The summed E-state index contributed by atoms with van der Waals surface area (Å²) in [4.78, 5) is 6.81. The van der Waals surface area contributed by atoms with Gasteiger partial charge in [-0.25, -0.2) is 0 Å². The third-order valence-electron chi connectivity index (χ3n) is 5.86. The number of nitrogens with zero attached hydrogens (tertiary/aromatic N) is 2. The second-order valence-electron chi connectivity index (χ2n) is 7.10. The van der Waals surface area contributed by atoms with Crippen molar-refractivity contribution in [3.63, 3.8) is 0 Å². The van der Waals surface area contributed by atoms with Gasteiger partial charge in [-0.05, 0) is 60.5 Å². The van der Waals surface area contributed by atoms with E-state index in [4.69, 9.17) is 0 Å². The van der Waals surface area contributed by atoms with Crippen molar-refractivity contribution in [3.8, 4) is 0 Å². The monoisotopic (exact) mass is 324 g/mol. The van der Waals surface area contributed by atoms with Gasteiger partial charge in [0.05, 0.1) is 18.2 Å². The molecule has 5 atom stereocenters. The van der Waals surface area contributed by atoms with Gasteiger partial charge in [0.1, 0.15) is 0 Å². The molecule has 3 fully saturated rings. The lowest BCUT2D eigenvalue weighted by Crippen LogP contribution is -2.54. The third-order valence-corrected chi connectivity index (χ3v) is 5.86. The quantitative estimate of drug-likeness (QED) is 0.849. The van der Waals surface area contributed by atoms with E-state index >= 15 is 0 Å². The molecule has 4 heteroatoms. The Morgan fingerprint density at radius 1 is 1.38 bits per heavy atom. The second kappa shape index (κ2) is 6.28. The van der Waals surface area contributed by atoms with Crippen LogP contribution in [0.25, 0.3) is 10.9 Å². The summed E-state index contributed by atoms with van der Waals surface area (Å²) in [7, 11) is 0. The Bertz CT molecular complexity index is 760. The lowest BCUT2D eigenvalue weighted by Gasteiger charge is -2.50. The molecule has 2 aromatic rings. The first-order valence-electron chi connectivity index (χ1n) is 8.74. The van der Waals surface area contributed by atoms with Crippen molar-refractivity contribution >= 4 is 10.9 Å². The van der Waals surface area contributed by atoms with Crippen LogP contribution in [0.2, 0.25) is 0 Å². The molecular formula is C20H24N2O2. The number of aliphatic hydroxyl groups is 2. The summed E-state index contributed by atoms with van der Waals surface area (Å²) in [6, 6.07) is 7.82. The first-order chi connectivity index (χ1) is 11.7. The van der Waals surface area contributed by atoms with Gasteiger partial charge < -0.3 is 10.2 Å². The molecule has 2 N–H and O–H groups in total. The average molecular weight is 324 g/mol. The fraction of sp³-hybridized carbons (Fsp3) is 0.450. The highest BCUT2D eigenvalue weighted by Crippen LogP contribution is 2.42. The summed E-state index contributed by atoms with van der Waals surface area (Å²) in [5.74, 6) is 1.19. The van der Waals surface area contributed by atoms with Crippen molar-refractivity contribution in [2.45, 2.75) is 31.6 Å². The lowest BCUT2D eigenvalue weighted by molar-refractivity contribution is -0.0444. The van der Waals surface area contributed by atoms with Gasteiger partial charge in [0.15, 0.2) is 0 Å². The van der Waals surface area contributed by atoms with Crippen LogP contribution in [0.3, 0.4) is 0 Å². The fourth-order valence-corrected chi connectivity index (χ4v) is 4.48. The Morgan fingerprint density at radius 2 is 2.25 bits per heavy atom. The number of hydrogen-bond donors (Lipinski definition) is 2. The van der Waals surface area contributed by atoms with E-state index < -0.39 is 6.10 Å². The predicted octanol–water partition coefficient (Wildman–Crippen LogP) is 2.66. The third kappa shape index (κ3) is 2.55. The summed E-state index contributed by atoms with van der Waals surface area (Å²) in [5, 5.41) is 21.5. The molecule has 2 bridgehead atoms. The van der Waals surface area contributed by atoms with Crippen LogP contribution in [-0.4, -0.2) is 39.2 Å². The smallest absolute Gasteiger partial charge is 0.0952 e. The SMILES string of the molecule is C=C[C@H]1C[N@]2CC[C@@H]1C[C@@H]2[C@@H](O)c1ccnc2ccc(CO)cc12. The molecule has 0 unspecified atom stereocenters. The molecule has 0 aliphatic carbocycles. The van der Waals surface area contributed by atoms with E-state index in [-0.39, 0.29) is 12.6 Å². The van der Waals surface area contributed by atoms with Crippen molar-refractivity contribution in [3.05, 3.63) is 54.2 Å². The van der Waals surface area contributed by atoms with Gasteiger partial charge in [-0.1, -0.05) is 12.1 Å². The van der Waals surface area contributed by atoms with E-state index in [9.17, 15) is 10.2 Å². The molecule has 4 heterocycles. The Kier molecular flexibility index (Phi) is 4.12. The van der Waals surface area contributed by atoms with Gasteiger partial charge >= 0.3 is 0 Å². The molecule has 0 spiro atoms. The zero-order valence-electron chi connectivity index (χ0n) is 13.8. The van der Waals surface area contributed by atoms with Crippen LogP contribution in [0, 0.1) is 11.8 Å². The molecule has 126 valence electrons. The molecule has 1 aromatic heterocycles. The van der Waals surface area contributed by atoms with Crippen molar-refractivity contribution < 1.29 is 10.2 Å². The van der Waals surface area contributed by atoms with E-state index in [0.29, 0.717) is 11.8 Å². The molecule has 3 aliphatic heterocycles. The van der Waals surface area contributed by atoms with E-state index in [0.717, 1.165) is 41.5 Å². The first kappa shape index (κ1) is 15.8. The zero-order chi connectivity index (χ0) is 16.7.